The van der Waals surface area contributed by atoms with Gasteiger partial charge in [-0.2, -0.15) is 0 Å². The normalized spacial score (nSPS) is 10.6. The van der Waals surface area contributed by atoms with Gasteiger partial charge in [-0.25, -0.2) is 9.37 Å². The number of thiazole rings is 1. The van der Waals surface area contributed by atoms with Crippen LogP contribution in [0.25, 0.3) is 11.3 Å². The number of amides is 1. The number of hydrogen-bond acceptors (Lipinski definition) is 4. The summed E-state index contributed by atoms with van der Waals surface area (Å²) in [6.07, 6.45) is 0.659. The number of nitrogens with one attached hydrogen (secondary N) is 1. The topological polar surface area (TPSA) is 62.2 Å². The Labute approximate surface area is 149 Å². The Kier molecular flexibility index (Phi) is 5.53. The van der Waals surface area contributed by atoms with Gasteiger partial charge in [-0.05, 0) is 29.8 Å². The predicted octanol–water partition coefficient (Wildman–Crippen LogP) is 3.26. The monoisotopic (exact) mass is 356 g/mol. The molecule has 25 heavy (non-hydrogen) atoms. The van der Waals surface area contributed by atoms with Crippen LogP contribution in [-0.4, -0.2) is 29.1 Å². The molecular formula is C19H17FN2O2S. The van der Waals surface area contributed by atoms with Crippen LogP contribution in [-0.2, 0) is 6.42 Å². The lowest BCUT2D eigenvalue weighted by Crippen LogP contribution is -2.26. The van der Waals surface area contributed by atoms with Crippen molar-refractivity contribution in [3.05, 3.63) is 75.9 Å². The summed E-state index contributed by atoms with van der Waals surface area (Å²) < 4.78 is 13.0. The molecule has 0 radical (unpaired) electrons. The first kappa shape index (κ1) is 17.3. The van der Waals surface area contributed by atoms with Crippen molar-refractivity contribution in [2.24, 2.45) is 0 Å². The first-order valence-electron chi connectivity index (χ1n) is 7.84. The largest absolute Gasteiger partial charge is 0.395 e. The zero-order chi connectivity index (χ0) is 17.6. The number of aromatic nitrogens is 1. The molecule has 1 heterocycles. The maximum atomic E-state index is 13.0. The molecule has 0 saturated carbocycles. The van der Waals surface area contributed by atoms with E-state index in [1.165, 1.54) is 12.1 Å². The Bertz CT molecular complexity index is 845. The van der Waals surface area contributed by atoms with Gasteiger partial charge in [0, 0.05) is 29.5 Å². The fourth-order valence-electron chi connectivity index (χ4n) is 2.37. The van der Waals surface area contributed by atoms with Gasteiger partial charge in [-0.3, -0.25) is 4.79 Å². The molecule has 0 bridgehead atoms. The Morgan fingerprint density at radius 3 is 2.52 bits per heavy atom. The average molecular weight is 356 g/mol. The summed E-state index contributed by atoms with van der Waals surface area (Å²) in [6.45, 7) is 0.152. The number of carbonyl (C=O) groups excluding carboxylic acids is 1. The van der Waals surface area contributed by atoms with Crippen LogP contribution in [0, 0.1) is 5.82 Å². The third-order valence-electron chi connectivity index (χ3n) is 3.66. The van der Waals surface area contributed by atoms with Gasteiger partial charge in [-0.15, -0.1) is 11.3 Å². The molecule has 0 aliphatic rings. The number of hydrogen-bond donors (Lipinski definition) is 2. The van der Waals surface area contributed by atoms with Gasteiger partial charge in [-0.1, -0.05) is 24.3 Å². The summed E-state index contributed by atoms with van der Waals surface area (Å²) in [4.78, 5) is 16.4. The SMILES string of the molecule is O=C(NCCO)c1ccc(-c2csc(Cc3ccc(F)cc3)n2)cc1. The lowest BCUT2D eigenvalue weighted by molar-refractivity contribution is 0.0945. The van der Waals surface area contributed by atoms with E-state index in [0.717, 1.165) is 21.8 Å². The first-order chi connectivity index (χ1) is 12.2. The maximum Gasteiger partial charge on any atom is 0.251 e. The number of halogens is 1. The van der Waals surface area contributed by atoms with E-state index >= 15 is 0 Å². The van der Waals surface area contributed by atoms with E-state index in [-0.39, 0.29) is 24.9 Å². The van der Waals surface area contributed by atoms with Crippen LogP contribution in [0.5, 0.6) is 0 Å². The molecule has 1 amide bonds. The van der Waals surface area contributed by atoms with Crippen LogP contribution in [0.1, 0.15) is 20.9 Å². The Hall–Kier alpha value is -2.57. The summed E-state index contributed by atoms with van der Waals surface area (Å²) >= 11 is 1.55. The molecule has 128 valence electrons. The lowest BCUT2D eigenvalue weighted by atomic mass is 10.1. The fourth-order valence-corrected chi connectivity index (χ4v) is 3.20. The minimum absolute atomic E-state index is 0.0838. The molecule has 3 aromatic rings. The minimum Gasteiger partial charge on any atom is -0.395 e. The highest BCUT2D eigenvalue weighted by Crippen LogP contribution is 2.24. The molecule has 0 fully saturated rings. The van der Waals surface area contributed by atoms with E-state index in [2.05, 4.69) is 10.3 Å². The molecule has 4 nitrogen and oxygen atoms in total. The van der Waals surface area contributed by atoms with Crippen molar-refractivity contribution in [2.45, 2.75) is 6.42 Å². The number of rotatable bonds is 6. The van der Waals surface area contributed by atoms with Gasteiger partial charge >= 0.3 is 0 Å². The van der Waals surface area contributed by atoms with E-state index in [1.54, 1.807) is 35.6 Å². The second kappa shape index (κ2) is 8.00. The molecule has 3 rings (SSSR count). The third kappa shape index (κ3) is 4.49. The van der Waals surface area contributed by atoms with Crippen molar-refractivity contribution in [3.8, 4) is 11.3 Å². The summed E-state index contributed by atoms with van der Waals surface area (Å²) in [7, 11) is 0. The predicted molar refractivity (Wildman–Crippen MR) is 96.2 cm³/mol. The van der Waals surface area contributed by atoms with Crippen molar-refractivity contribution in [3.63, 3.8) is 0 Å². The molecule has 0 aliphatic heterocycles. The van der Waals surface area contributed by atoms with E-state index < -0.39 is 0 Å². The molecule has 2 N–H and O–H groups in total. The molecule has 1 aromatic heterocycles. The molecule has 0 aliphatic carbocycles. The zero-order valence-corrected chi connectivity index (χ0v) is 14.2. The first-order valence-corrected chi connectivity index (χ1v) is 8.72. The number of aliphatic hydroxyl groups is 1. The van der Waals surface area contributed by atoms with E-state index in [4.69, 9.17) is 5.11 Å². The molecule has 0 spiro atoms. The van der Waals surface area contributed by atoms with Crippen LogP contribution in [0.4, 0.5) is 4.39 Å². The Morgan fingerprint density at radius 2 is 1.84 bits per heavy atom. The quantitative estimate of drug-likeness (QED) is 0.713. The highest BCUT2D eigenvalue weighted by atomic mass is 32.1. The van der Waals surface area contributed by atoms with Crippen LogP contribution in [0.3, 0.4) is 0 Å². The summed E-state index contributed by atoms with van der Waals surface area (Å²) in [5.41, 5.74) is 3.34. The highest BCUT2D eigenvalue weighted by Gasteiger charge is 2.08. The van der Waals surface area contributed by atoms with E-state index in [9.17, 15) is 9.18 Å². The fraction of sp³-hybridized carbons (Fsp3) is 0.158. The average Bonchev–Trinajstić information content (AvgIpc) is 3.10. The summed E-state index contributed by atoms with van der Waals surface area (Å²) in [6, 6.07) is 13.6. The smallest absolute Gasteiger partial charge is 0.251 e. The van der Waals surface area contributed by atoms with Gasteiger partial charge in [0.05, 0.1) is 17.3 Å². The zero-order valence-electron chi connectivity index (χ0n) is 13.4. The summed E-state index contributed by atoms with van der Waals surface area (Å²) in [5, 5.41) is 14.3. The van der Waals surface area contributed by atoms with Crippen molar-refractivity contribution < 1.29 is 14.3 Å². The van der Waals surface area contributed by atoms with Crippen molar-refractivity contribution >= 4 is 17.2 Å². The minimum atomic E-state index is -0.244. The molecule has 0 atom stereocenters. The van der Waals surface area contributed by atoms with Crippen molar-refractivity contribution in [1.82, 2.24) is 10.3 Å². The van der Waals surface area contributed by atoms with Crippen LogP contribution >= 0.6 is 11.3 Å². The van der Waals surface area contributed by atoms with Gasteiger partial charge in [0.2, 0.25) is 0 Å². The maximum absolute atomic E-state index is 13.0. The van der Waals surface area contributed by atoms with Gasteiger partial charge < -0.3 is 10.4 Å². The number of aliphatic hydroxyl groups excluding tert-OH is 1. The second-order valence-corrected chi connectivity index (χ2v) is 6.43. The van der Waals surface area contributed by atoms with Crippen molar-refractivity contribution in [2.75, 3.05) is 13.2 Å². The number of nitrogens with zero attached hydrogens (tertiary/aromatic N) is 1. The Balaban J connectivity index is 1.69. The van der Waals surface area contributed by atoms with Crippen LogP contribution < -0.4 is 5.32 Å². The van der Waals surface area contributed by atoms with Crippen molar-refractivity contribution in [1.29, 1.82) is 0 Å². The van der Waals surface area contributed by atoms with Gasteiger partial charge in [0.25, 0.3) is 5.91 Å². The molecule has 6 heteroatoms. The third-order valence-corrected chi connectivity index (χ3v) is 4.51. The Morgan fingerprint density at radius 1 is 1.12 bits per heavy atom. The number of benzene rings is 2. The molecule has 0 unspecified atom stereocenters. The van der Waals surface area contributed by atoms with E-state index in [0.29, 0.717) is 12.0 Å². The standard InChI is InChI=1S/C19H17FN2O2S/c20-16-7-1-13(2-8-16)11-18-22-17(12-25-18)14-3-5-15(6-4-14)19(24)21-9-10-23/h1-8,12,23H,9-11H2,(H,21,24). The van der Waals surface area contributed by atoms with Gasteiger partial charge in [0.15, 0.2) is 0 Å². The molecular weight excluding hydrogens is 339 g/mol. The lowest BCUT2D eigenvalue weighted by Gasteiger charge is -2.04. The highest BCUT2D eigenvalue weighted by molar-refractivity contribution is 7.10. The van der Waals surface area contributed by atoms with Gasteiger partial charge in [0.1, 0.15) is 5.82 Å². The summed E-state index contributed by atoms with van der Waals surface area (Å²) in [5.74, 6) is -0.456. The molecule has 2 aromatic carbocycles. The van der Waals surface area contributed by atoms with E-state index in [1.807, 2.05) is 17.5 Å². The second-order valence-electron chi connectivity index (χ2n) is 5.49. The van der Waals surface area contributed by atoms with Crippen LogP contribution in [0.2, 0.25) is 0 Å². The number of carbonyl (C=O) groups is 1. The van der Waals surface area contributed by atoms with Crippen LogP contribution in [0.15, 0.2) is 53.9 Å². The molecule has 0 saturated heterocycles.